The van der Waals surface area contributed by atoms with Crippen molar-refractivity contribution >= 4 is 22.7 Å². The molecule has 2 heterocycles. The van der Waals surface area contributed by atoms with Gasteiger partial charge in [-0.15, -0.1) is 0 Å². The van der Waals surface area contributed by atoms with E-state index in [1.807, 2.05) is 37.4 Å². The average molecular weight is 495 g/mol. The molecule has 0 fully saturated rings. The topological polar surface area (TPSA) is 89.8 Å². The van der Waals surface area contributed by atoms with Crippen molar-refractivity contribution in [2.24, 2.45) is 5.92 Å². The van der Waals surface area contributed by atoms with Crippen molar-refractivity contribution in [2.75, 3.05) is 13.2 Å². The molecule has 3 atom stereocenters. The zero-order valence-electron chi connectivity index (χ0n) is 20.4. The number of fused-ring (bicyclic) bond motifs is 1. The van der Waals surface area contributed by atoms with Crippen LogP contribution in [0.5, 0.6) is 0 Å². The van der Waals surface area contributed by atoms with Crippen LogP contribution in [-0.2, 0) is 20.8 Å². The molecule has 0 saturated carbocycles. The van der Waals surface area contributed by atoms with Crippen LogP contribution >= 0.6 is 0 Å². The molecule has 2 N–H and O–H groups in total. The van der Waals surface area contributed by atoms with E-state index < -0.39 is 12.2 Å². The summed E-state index contributed by atoms with van der Waals surface area (Å²) in [5.74, 6) is -1.22. The fraction of sp³-hybridized carbons (Fsp3) is 0.357. The second-order valence-electron chi connectivity index (χ2n) is 8.83. The van der Waals surface area contributed by atoms with E-state index >= 15 is 0 Å². The number of allylic oxidation sites excluding steroid dienone is 1. The number of hydrogen-bond donors (Lipinski definition) is 2. The highest BCUT2D eigenvalue weighted by atomic mass is 19.1. The molecular weight excluding hydrogens is 463 g/mol. The Morgan fingerprint density at radius 2 is 1.92 bits per heavy atom. The van der Waals surface area contributed by atoms with Gasteiger partial charge in [-0.2, -0.15) is 0 Å². The van der Waals surface area contributed by atoms with Crippen LogP contribution in [0.1, 0.15) is 48.5 Å². The number of aromatic nitrogens is 1. The lowest BCUT2D eigenvalue weighted by atomic mass is 9.80. The Hall–Kier alpha value is -3.49. The van der Waals surface area contributed by atoms with Gasteiger partial charge in [0.1, 0.15) is 5.82 Å². The maximum absolute atomic E-state index is 13.2. The summed E-state index contributed by atoms with van der Waals surface area (Å²) in [4.78, 5) is 25.5. The average Bonchev–Trinajstić information content (AvgIpc) is 3.27. The Bertz CT molecular complexity index is 1250. The zero-order valence-corrected chi connectivity index (χ0v) is 20.4. The van der Waals surface area contributed by atoms with Gasteiger partial charge in [-0.25, -0.2) is 4.39 Å². The number of aliphatic hydroxyl groups is 1. The van der Waals surface area contributed by atoms with Crippen LogP contribution in [0.3, 0.4) is 0 Å². The van der Waals surface area contributed by atoms with Gasteiger partial charge >= 0.3 is 0 Å². The van der Waals surface area contributed by atoms with Crippen molar-refractivity contribution in [1.29, 1.82) is 0 Å². The van der Waals surface area contributed by atoms with Crippen LogP contribution in [-0.4, -0.2) is 41.0 Å². The van der Waals surface area contributed by atoms with Gasteiger partial charge in [-0.1, -0.05) is 30.3 Å². The standard InChI is InChI=1S/C28H31FN2O5/c1-3-35-28-22(8-6-14-32)23(24-17-31(18(2)33)25-9-5-4-7-21(24)25)15-26(36-28)27(34)30-16-19-10-12-20(29)13-11-19/h4-5,7,9-13,15,17,22-23,28,32H,3,6,8,14,16H2,1-2H3,(H,30,34). The minimum atomic E-state index is -0.706. The van der Waals surface area contributed by atoms with E-state index in [1.54, 1.807) is 22.8 Å². The molecular formula is C28H31FN2O5. The molecule has 0 saturated heterocycles. The number of carbonyl (C=O) groups is 2. The fourth-order valence-corrected chi connectivity index (χ4v) is 4.73. The molecule has 0 spiro atoms. The van der Waals surface area contributed by atoms with Gasteiger partial charge in [0.25, 0.3) is 5.91 Å². The quantitative estimate of drug-likeness (QED) is 0.457. The maximum atomic E-state index is 13.2. The second-order valence-corrected chi connectivity index (χ2v) is 8.83. The van der Waals surface area contributed by atoms with Crippen molar-refractivity contribution in [3.8, 4) is 0 Å². The lowest BCUT2D eigenvalue weighted by Crippen LogP contribution is -2.39. The number of para-hydroxylation sites is 1. The Labute approximate surface area is 209 Å². The second kappa shape index (κ2) is 11.5. The van der Waals surface area contributed by atoms with Gasteiger partial charge in [0.2, 0.25) is 12.2 Å². The summed E-state index contributed by atoms with van der Waals surface area (Å²) in [5.41, 5.74) is 2.43. The number of nitrogens with one attached hydrogen (secondary N) is 1. The predicted octanol–water partition coefficient (Wildman–Crippen LogP) is 4.51. The highest BCUT2D eigenvalue weighted by molar-refractivity contribution is 5.95. The van der Waals surface area contributed by atoms with Crippen LogP contribution in [0, 0.1) is 11.7 Å². The third kappa shape index (κ3) is 5.50. The number of carbonyl (C=O) groups excluding carboxylic acids is 2. The Morgan fingerprint density at radius 3 is 2.61 bits per heavy atom. The molecule has 0 bridgehead atoms. The molecule has 8 heteroatoms. The van der Waals surface area contributed by atoms with Crippen LogP contribution in [0.4, 0.5) is 4.39 Å². The number of aliphatic hydroxyl groups excluding tert-OH is 1. The summed E-state index contributed by atoms with van der Waals surface area (Å²) in [5, 5.41) is 13.3. The lowest BCUT2D eigenvalue weighted by Gasteiger charge is -2.36. The summed E-state index contributed by atoms with van der Waals surface area (Å²) in [7, 11) is 0. The largest absolute Gasteiger partial charge is 0.459 e. The first-order valence-corrected chi connectivity index (χ1v) is 12.2. The summed E-state index contributed by atoms with van der Waals surface area (Å²) in [6.45, 7) is 3.98. The third-order valence-electron chi connectivity index (χ3n) is 6.44. The van der Waals surface area contributed by atoms with Crippen molar-refractivity contribution < 1.29 is 28.6 Å². The summed E-state index contributed by atoms with van der Waals surface area (Å²) >= 11 is 0. The van der Waals surface area contributed by atoms with Crippen molar-refractivity contribution in [3.05, 3.63) is 83.5 Å². The number of hydrogen-bond acceptors (Lipinski definition) is 5. The normalized spacial score (nSPS) is 19.6. The molecule has 3 unspecified atom stereocenters. The number of nitrogens with zero attached hydrogens (tertiary/aromatic N) is 1. The molecule has 1 aliphatic heterocycles. The molecule has 3 aromatic rings. The fourth-order valence-electron chi connectivity index (χ4n) is 4.73. The highest BCUT2D eigenvalue weighted by Gasteiger charge is 2.39. The van der Waals surface area contributed by atoms with Gasteiger partial charge in [-0.05, 0) is 55.2 Å². The van der Waals surface area contributed by atoms with E-state index in [2.05, 4.69) is 5.32 Å². The minimum Gasteiger partial charge on any atom is -0.459 e. The minimum absolute atomic E-state index is 0.0198. The maximum Gasteiger partial charge on any atom is 0.286 e. The van der Waals surface area contributed by atoms with E-state index in [9.17, 15) is 19.1 Å². The molecule has 1 aliphatic rings. The molecule has 1 amide bonds. The molecule has 1 aromatic heterocycles. The van der Waals surface area contributed by atoms with E-state index in [-0.39, 0.29) is 42.5 Å². The molecule has 190 valence electrons. The van der Waals surface area contributed by atoms with Crippen LogP contribution < -0.4 is 5.32 Å². The van der Waals surface area contributed by atoms with E-state index in [4.69, 9.17) is 9.47 Å². The van der Waals surface area contributed by atoms with Gasteiger partial charge in [-0.3, -0.25) is 14.2 Å². The highest BCUT2D eigenvalue weighted by Crippen LogP contribution is 2.42. The summed E-state index contributed by atoms with van der Waals surface area (Å²) in [6, 6.07) is 13.6. The first-order valence-electron chi connectivity index (χ1n) is 12.2. The molecule has 0 aliphatic carbocycles. The number of ether oxygens (including phenoxy) is 2. The number of rotatable bonds is 9. The van der Waals surface area contributed by atoms with Gasteiger partial charge < -0.3 is 19.9 Å². The molecule has 2 aromatic carbocycles. The Balaban J connectivity index is 1.72. The van der Waals surface area contributed by atoms with Crippen LogP contribution in [0.15, 0.2) is 66.6 Å². The Kier molecular flexibility index (Phi) is 8.18. The molecule has 36 heavy (non-hydrogen) atoms. The number of halogens is 1. The first kappa shape index (κ1) is 25.6. The monoisotopic (exact) mass is 494 g/mol. The van der Waals surface area contributed by atoms with Gasteiger partial charge in [0, 0.05) is 50.1 Å². The molecule has 0 radical (unpaired) electrons. The summed E-state index contributed by atoms with van der Waals surface area (Å²) in [6.07, 6.45) is 4.04. The first-order chi connectivity index (χ1) is 17.4. The third-order valence-corrected chi connectivity index (χ3v) is 6.44. The lowest BCUT2D eigenvalue weighted by molar-refractivity contribution is -0.166. The number of amides is 1. The zero-order chi connectivity index (χ0) is 25.7. The van der Waals surface area contributed by atoms with Gasteiger partial charge in [0.15, 0.2) is 5.76 Å². The van der Waals surface area contributed by atoms with Crippen molar-refractivity contribution in [1.82, 2.24) is 9.88 Å². The predicted molar refractivity (Wildman–Crippen MR) is 134 cm³/mol. The van der Waals surface area contributed by atoms with Crippen LogP contribution in [0.2, 0.25) is 0 Å². The molecule has 7 nitrogen and oxygen atoms in total. The van der Waals surface area contributed by atoms with E-state index in [1.165, 1.54) is 19.1 Å². The smallest absolute Gasteiger partial charge is 0.286 e. The van der Waals surface area contributed by atoms with Crippen molar-refractivity contribution in [2.45, 2.75) is 45.4 Å². The van der Waals surface area contributed by atoms with Crippen molar-refractivity contribution in [3.63, 3.8) is 0 Å². The SMILES string of the molecule is CCOC1OC(C(=O)NCc2ccc(F)cc2)=CC(c2cn(C(C)=O)c3ccccc23)C1CCCO. The Morgan fingerprint density at radius 1 is 1.17 bits per heavy atom. The van der Waals surface area contributed by atoms with Crippen LogP contribution in [0.25, 0.3) is 10.9 Å². The van der Waals surface area contributed by atoms with E-state index in [0.717, 1.165) is 22.0 Å². The molecule has 4 rings (SSSR count). The van der Waals surface area contributed by atoms with E-state index in [0.29, 0.717) is 19.4 Å². The summed E-state index contributed by atoms with van der Waals surface area (Å²) < 4.78 is 26.8. The van der Waals surface area contributed by atoms with Gasteiger partial charge in [0.05, 0.1) is 5.52 Å². The number of benzene rings is 2.